The third kappa shape index (κ3) is 4.81. The van der Waals surface area contributed by atoms with Gasteiger partial charge in [0, 0.05) is 46.9 Å². The van der Waals surface area contributed by atoms with Crippen molar-refractivity contribution in [2.24, 2.45) is 0 Å². The number of nitrogens with zero attached hydrogens (tertiary/aromatic N) is 1. The van der Waals surface area contributed by atoms with Crippen LogP contribution in [0.4, 0.5) is 17.1 Å². The number of thiophene rings is 2. The molecule has 58 heavy (non-hydrogen) atoms. The number of anilines is 3. The molecule has 2 heterocycles. The summed E-state index contributed by atoms with van der Waals surface area (Å²) >= 11 is 3.75. The Hall–Kier alpha value is -6.78. The highest BCUT2D eigenvalue weighted by molar-refractivity contribution is 7.26. The molecule has 1 aliphatic carbocycles. The largest absolute Gasteiger partial charge is 0.308 e. The zero-order valence-corrected chi connectivity index (χ0v) is 33.1. The van der Waals surface area contributed by atoms with Crippen molar-refractivity contribution in [1.82, 2.24) is 0 Å². The fourth-order valence-corrected chi connectivity index (χ4v) is 12.1. The molecule has 0 unspecified atom stereocenters. The number of benzene rings is 9. The van der Waals surface area contributed by atoms with E-state index < -0.39 is 5.41 Å². The molecule has 3 heteroatoms. The standard InChI is InChI=1S/C55H35NS2/c1-3-16-37(17-4-1)55(38-18-5-2-6-19-38)45-25-10-7-21-43(45)53-46(55)26-15-27-47(53)56(48-28-13-24-42-41-20-8-11-29-49(41)58-54(42)48)39-34-32-36(33-35-39)40-23-14-31-51-52(40)44-22-9-12-30-50(44)57-51/h1-35H. The Kier molecular flexibility index (Phi) is 7.56. The van der Waals surface area contributed by atoms with Crippen molar-refractivity contribution in [2.75, 3.05) is 4.90 Å². The van der Waals surface area contributed by atoms with Crippen LogP contribution >= 0.6 is 22.7 Å². The minimum absolute atomic E-state index is 0.494. The van der Waals surface area contributed by atoms with Crippen LogP contribution in [0.25, 0.3) is 62.6 Å². The minimum atomic E-state index is -0.494. The molecule has 0 fully saturated rings. The van der Waals surface area contributed by atoms with E-state index in [1.54, 1.807) is 0 Å². The van der Waals surface area contributed by atoms with Crippen LogP contribution in [0.5, 0.6) is 0 Å². The maximum absolute atomic E-state index is 2.53. The summed E-state index contributed by atoms with van der Waals surface area (Å²) in [4.78, 5) is 2.53. The van der Waals surface area contributed by atoms with Crippen molar-refractivity contribution in [3.8, 4) is 22.3 Å². The molecule has 0 amide bonds. The summed E-state index contributed by atoms with van der Waals surface area (Å²) in [7, 11) is 0. The molecule has 1 nitrogen and oxygen atoms in total. The number of fused-ring (bicyclic) bond motifs is 9. The molecule has 2 aromatic heterocycles. The highest BCUT2D eigenvalue weighted by atomic mass is 32.1. The lowest BCUT2D eigenvalue weighted by molar-refractivity contribution is 0.768. The summed E-state index contributed by atoms with van der Waals surface area (Å²) in [6.07, 6.45) is 0. The van der Waals surface area contributed by atoms with E-state index in [1.807, 2.05) is 22.7 Å². The maximum Gasteiger partial charge on any atom is 0.0714 e. The summed E-state index contributed by atoms with van der Waals surface area (Å²) in [5.41, 5.74) is 13.1. The highest BCUT2D eigenvalue weighted by Crippen LogP contribution is 2.60. The van der Waals surface area contributed by atoms with Gasteiger partial charge < -0.3 is 4.90 Å². The molecule has 0 bridgehead atoms. The monoisotopic (exact) mass is 773 g/mol. The number of rotatable bonds is 6. The van der Waals surface area contributed by atoms with Crippen molar-refractivity contribution in [2.45, 2.75) is 5.41 Å². The Balaban J connectivity index is 1.13. The van der Waals surface area contributed by atoms with Crippen LogP contribution < -0.4 is 4.90 Å². The first-order chi connectivity index (χ1) is 28.8. The van der Waals surface area contributed by atoms with Crippen molar-refractivity contribution >= 4 is 80.1 Å². The summed E-state index contributed by atoms with van der Waals surface area (Å²) in [5.74, 6) is 0. The summed E-state index contributed by atoms with van der Waals surface area (Å²) in [6.45, 7) is 0. The van der Waals surface area contributed by atoms with E-state index >= 15 is 0 Å². The Bertz CT molecular complexity index is 3300. The Morgan fingerprint density at radius 1 is 0.362 bits per heavy atom. The van der Waals surface area contributed by atoms with E-state index in [4.69, 9.17) is 0 Å². The molecule has 0 saturated carbocycles. The third-order valence-corrected chi connectivity index (χ3v) is 14.5. The molecule has 0 spiro atoms. The van der Waals surface area contributed by atoms with Gasteiger partial charge in [0.15, 0.2) is 0 Å². The Morgan fingerprint density at radius 2 is 0.914 bits per heavy atom. The van der Waals surface area contributed by atoms with Crippen LogP contribution in [0.3, 0.4) is 0 Å². The quantitative estimate of drug-likeness (QED) is 0.163. The first-order valence-corrected chi connectivity index (χ1v) is 21.5. The first kappa shape index (κ1) is 33.4. The van der Waals surface area contributed by atoms with E-state index in [-0.39, 0.29) is 0 Å². The van der Waals surface area contributed by atoms with Gasteiger partial charge in [0.2, 0.25) is 0 Å². The van der Waals surface area contributed by atoms with Crippen LogP contribution in [0.1, 0.15) is 22.3 Å². The highest BCUT2D eigenvalue weighted by Gasteiger charge is 2.47. The van der Waals surface area contributed by atoms with Gasteiger partial charge in [-0.3, -0.25) is 0 Å². The van der Waals surface area contributed by atoms with E-state index in [0.717, 1.165) is 5.69 Å². The van der Waals surface area contributed by atoms with Gasteiger partial charge in [-0.05, 0) is 81.4 Å². The molecular weight excluding hydrogens is 739 g/mol. The van der Waals surface area contributed by atoms with Gasteiger partial charge in [-0.1, -0.05) is 170 Å². The Morgan fingerprint density at radius 3 is 1.69 bits per heavy atom. The summed E-state index contributed by atoms with van der Waals surface area (Å²) in [5, 5.41) is 5.23. The lowest BCUT2D eigenvalue weighted by Gasteiger charge is -2.34. The van der Waals surface area contributed by atoms with Gasteiger partial charge in [0.25, 0.3) is 0 Å². The molecule has 0 aliphatic heterocycles. The molecule has 0 saturated heterocycles. The summed E-state index contributed by atoms with van der Waals surface area (Å²) in [6, 6.07) is 78.7. The number of hydrogen-bond donors (Lipinski definition) is 0. The maximum atomic E-state index is 2.53. The first-order valence-electron chi connectivity index (χ1n) is 19.8. The average Bonchev–Trinajstić information content (AvgIpc) is 3.97. The van der Waals surface area contributed by atoms with Gasteiger partial charge >= 0.3 is 0 Å². The predicted molar refractivity (Wildman–Crippen MR) is 250 cm³/mol. The molecule has 0 radical (unpaired) electrons. The fourth-order valence-electron chi connectivity index (χ4n) is 9.78. The molecule has 12 rings (SSSR count). The van der Waals surface area contributed by atoms with Gasteiger partial charge in [-0.15, -0.1) is 22.7 Å². The van der Waals surface area contributed by atoms with Crippen molar-refractivity contribution in [3.05, 3.63) is 235 Å². The van der Waals surface area contributed by atoms with Gasteiger partial charge in [-0.2, -0.15) is 0 Å². The molecule has 9 aromatic carbocycles. The lowest BCUT2D eigenvalue weighted by atomic mass is 9.68. The minimum Gasteiger partial charge on any atom is -0.308 e. The zero-order chi connectivity index (χ0) is 38.2. The zero-order valence-electron chi connectivity index (χ0n) is 31.5. The van der Waals surface area contributed by atoms with Crippen molar-refractivity contribution in [1.29, 1.82) is 0 Å². The van der Waals surface area contributed by atoms with E-state index in [2.05, 4.69) is 217 Å². The van der Waals surface area contributed by atoms with E-state index in [0.29, 0.717) is 0 Å². The number of hydrogen-bond acceptors (Lipinski definition) is 3. The molecule has 272 valence electrons. The average molecular weight is 774 g/mol. The molecule has 1 aliphatic rings. The smallest absolute Gasteiger partial charge is 0.0714 e. The second-order valence-electron chi connectivity index (χ2n) is 15.1. The van der Waals surface area contributed by atoms with Gasteiger partial charge in [-0.25, -0.2) is 0 Å². The van der Waals surface area contributed by atoms with Gasteiger partial charge in [0.05, 0.1) is 21.5 Å². The normalized spacial score (nSPS) is 13.0. The molecule has 0 N–H and O–H groups in total. The van der Waals surface area contributed by atoms with Gasteiger partial charge in [0.1, 0.15) is 0 Å². The van der Waals surface area contributed by atoms with Crippen LogP contribution in [0, 0.1) is 0 Å². The van der Waals surface area contributed by atoms with Crippen LogP contribution in [-0.4, -0.2) is 0 Å². The van der Waals surface area contributed by atoms with Crippen molar-refractivity contribution in [3.63, 3.8) is 0 Å². The Labute approximate surface area is 345 Å². The predicted octanol–water partition coefficient (Wildman–Crippen LogP) is 15.9. The van der Waals surface area contributed by atoms with E-state index in [9.17, 15) is 0 Å². The lowest BCUT2D eigenvalue weighted by Crippen LogP contribution is -2.28. The van der Waals surface area contributed by atoms with Crippen LogP contribution in [0.15, 0.2) is 212 Å². The molecule has 11 aromatic rings. The fraction of sp³-hybridized carbons (Fsp3) is 0.0182. The second kappa shape index (κ2) is 13.1. The molecular formula is C55H35NS2. The third-order valence-electron chi connectivity index (χ3n) is 12.2. The summed E-state index contributed by atoms with van der Waals surface area (Å²) < 4.78 is 5.22. The topological polar surface area (TPSA) is 3.24 Å². The van der Waals surface area contributed by atoms with Crippen LogP contribution in [0.2, 0.25) is 0 Å². The van der Waals surface area contributed by atoms with Crippen molar-refractivity contribution < 1.29 is 0 Å². The SMILES string of the molecule is c1ccc(C2(c3ccccc3)c3ccccc3-c3c(N(c4ccc(-c5cccc6sc7ccccc7c56)cc4)c4cccc5c4sc4ccccc45)cccc32)cc1. The molecule has 0 atom stereocenters. The van der Waals surface area contributed by atoms with E-state index in [1.165, 1.54) is 96.2 Å². The van der Waals surface area contributed by atoms with Crippen LogP contribution in [-0.2, 0) is 5.41 Å². The second-order valence-corrected chi connectivity index (χ2v) is 17.3.